The lowest BCUT2D eigenvalue weighted by Gasteiger charge is -2.18. The van der Waals surface area contributed by atoms with Crippen LogP contribution in [0.1, 0.15) is 48.8 Å². The smallest absolute Gasteiger partial charge is 0.118 e. The van der Waals surface area contributed by atoms with E-state index < -0.39 is 0 Å². The van der Waals surface area contributed by atoms with Crippen LogP contribution in [-0.2, 0) is 0 Å². The number of aryl methyl sites for hydroxylation is 1. The Labute approximate surface area is 142 Å². The van der Waals surface area contributed by atoms with Gasteiger partial charge in [0.25, 0.3) is 0 Å². The zero-order valence-electron chi connectivity index (χ0n) is 14.3. The second-order valence-electron chi connectivity index (χ2n) is 6.49. The molecule has 0 saturated heterocycles. The molecular formula is C21H24OS. The Morgan fingerprint density at radius 1 is 0.957 bits per heavy atom. The molecule has 1 heterocycles. The number of rotatable bonds is 5. The molecule has 0 aliphatic heterocycles. The summed E-state index contributed by atoms with van der Waals surface area (Å²) in [7, 11) is 1.71. The Kier molecular flexibility index (Phi) is 4.72. The van der Waals surface area contributed by atoms with Crippen LogP contribution in [0.5, 0.6) is 5.75 Å². The summed E-state index contributed by atoms with van der Waals surface area (Å²) in [5.74, 6) is 2.01. The summed E-state index contributed by atoms with van der Waals surface area (Å²) in [5, 5.41) is 3.66. The molecule has 23 heavy (non-hydrogen) atoms. The third-order valence-corrected chi connectivity index (χ3v) is 5.83. The van der Waals surface area contributed by atoms with E-state index in [-0.39, 0.29) is 0 Å². The van der Waals surface area contributed by atoms with Gasteiger partial charge in [-0.15, -0.1) is 11.3 Å². The molecule has 0 fully saturated rings. The number of benzene rings is 2. The molecule has 0 aliphatic rings. The van der Waals surface area contributed by atoms with Gasteiger partial charge in [0.1, 0.15) is 5.75 Å². The Hall–Kier alpha value is -1.80. The van der Waals surface area contributed by atoms with E-state index in [9.17, 15) is 0 Å². The maximum atomic E-state index is 5.24. The van der Waals surface area contributed by atoms with E-state index >= 15 is 0 Å². The van der Waals surface area contributed by atoms with Crippen molar-refractivity contribution < 1.29 is 4.74 Å². The number of hydrogen-bond donors (Lipinski definition) is 0. The molecular weight excluding hydrogens is 300 g/mol. The molecule has 0 aliphatic carbocycles. The second kappa shape index (κ2) is 6.76. The highest BCUT2D eigenvalue weighted by Gasteiger charge is 2.14. The van der Waals surface area contributed by atoms with Crippen LogP contribution < -0.4 is 4.74 Å². The average Bonchev–Trinajstić information content (AvgIpc) is 2.95. The average molecular weight is 324 g/mol. The van der Waals surface area contributed by atoms with E-state index in [4.69, 9.17) is 4.74 Å². The van der Waals surface area contributed by atoms with Gasteiger partial charge in [-0.05, 0) is 76.9 Å². The van der Waals surface area contributed by atoms with E-state index in [1.54, 1.807) is 7.11 Å². The van der Waals surface area contributed by atoms with E-state index in [0.717, 1.165) is 12.2 Å². The fraction of sp³-hybridized carbons (Fsp3) is 0.333. The van der Waals surface area contributed by atoms with Crippen LogP contribution in [0.3, 0.4) is 0 Å². The summed E-state index contributed by atoms with van der Waals surface area (Å²) in [6.45, 7) is 6.85. The van der Waals surface area contributed by atoms with Gasteiger partial charge in [0.15, 0.2) is 0 Å². The van der Waals surface area contributed by atoms with Crippen molar-refractivity contribution in [3.63, 3.8) is 0 Å². The minimum absolute atomic E-state index is 0.537. The van der Waals surface area contributed by atoms with Crippen LogP contribution in [-0.4, -0.2) is 7.11 Å². The Bertz CT molecular complexity index is 785. The van der Waals surface area contributed by atoms with Gasteiger partial charge in [-0.3, -0.25) is 0 Å². The molecule has 0 saturated carbocycles. The lowest BCUT2D eigenvalue weighted by atomic mass is 9.87. The maximum Gasteiger partial charge on any atom is 0.118 e. The van der Waals surface area contributed by atoms with Gasteiger partial charge in [-0.25, -0.2) is 0 Å². The van der Waals surface area contributed by atoms with Gasteiger partial charge >= 0.3 is 0 Å². The quantitative estimate of drug-likeness (QED) is 0.519. The van der Waals surface area contributed by atoms with Gasteiger partial charge in [-0.2, -0.15) is 0 Å². The number of hydrogen-bond acceptors (Lipinski definition) is 2. The largest absolute Gasteiger partial charge is 0.497 e. The number of thiophene rings is 1. The Balaban J connectivity index is 1.75. The van der Waals surface area contributed by atoms with Crippen LogP contribution in [0.2, 0.25) is 0 Å². The highest BCUT2D eigenvalue weighted by molar-refractivity contribution is 7.17. The first kappa shape index (κ1) is 16.1. The second-order valence-corrected chi connectivity index (χ2v) is 7.40. The SMILES string of the molecule is COc1ccc([C@H](C)C[C@@H](C)c2ccc3scc(C)c3c2)cc1. The van der Waals surface area contributed by atoms with Gasteiger partial charge in [0, 0.05) is 4.70 Å². The van der Waals surface area contributed by atoms with Crippen LogP contribution in [0, 0.1) is 6.92 Å². The highest BCUT2D eigenvalue weighted by Crippen LogP contribution is 2.33. The Morgan fingerprint density at radius 3 is 2.30 bits per heavy atom. The summed E-state index contributed by atoms with van der Waals surface area (Å²) < 4.78 is 6.64. The number of ether oxygens (including phenoxy) is 1. The predicted molar refractivity (Wildman–Crippen MR) is 101 cm³/mol. The minimum atomic E-state index is 0.537. The zero-order chi connectivity index (χ0) is 16.4. The molecule has 1 aromatic heterocycles. The fourth-order valence-electron chi connectivity index (χ4n) is 3.22. The molecule has 2 heteroatoms. The van der Waals surface area contributed by atoms with Gasteiger partial charge in [0.2, 0.25) is 0 Å². The van der Waals surface area contributed by atoms with Gasteiger partial charge in [0.05, 0.1) is 7.11 Å². The third-order valence-electron chi connectivity index (χ3n) is 4.75. The van der Waals surface area contributed by atoms with Crippen molar-refractivity contribution in [2.45, 2.75) is 39.0 Å². The van der Waals surface area contributed by atoms with Gasteiger partial charge < -0.3 is 4.74 Å². The molecule has 0 radical (unpaired) electrons. The van der Waals surface area contributed by atoms with Crippen molar-refractivity contribution in [1.82, 2.24) is 0 Å². The van der Waals surface area contributed by atoms with Crippen molar-refractivity contribution in [3.8, 4) is 5.75 Å². The first-order valence-electron chi connectivity index (χ1n) is 8.20. The molecule has 3 rings (SSSR count). The first-order chi connectivity index (χ1) is 11.1. The summed E-state index contributed by atoms with van der Waals surface area (Å²) in [6.07, 6.45) is 1.15. The lowest BCUT2D eigenvalue weighted by molar-refractivity contribution is 0.414. The monoisotopic (exact) mass is 324 g/mol. The summed E-state index contributed by atoms with van der Waals surface area (Å²) >= 11 is 1.84. The van der Waals surface area contributed by atoms with Crippen molar-refractivity contribution in [1.29, 1.82) is 0 Å². The van der Waals surface area contributed by atoms with Crippen molar-refractivity contribution >= 4 is 21.4 Å². The summed E-state index contributed by atoms with van der Waals surface area (Å²) in [6, 6.07) is 15.4. The molecule has 2 aromatic carbocycles. The topological polar surface area (TPSA) is 9.23 Å². The molecule has 120 valence electrons. The minimum Gasteiger partial charge on any atom is -0.497 e. The van der Waals surface area contributed by atoms with Crippen LogP contribution in [0.15, 0.2) is 47.8 Å². The van der Waals surface area contributed by atoms with Crippen LogP contribution in [0.4, 0.5) is 0 Å². The molecule has 3 aromatic rings. The third kappa shape index (κ3) is 3.42. The zero-order valence-corrected chi connectivity index (χ0v) is 15.1. The maximum absolute atomic E-state index is 5.24. The summed E-state index contributed by atoms with van der Waals surface area (Å²) in [4.78, 5) is 0. The molecule has 2 atom stereocenters. The fourth-order valence-corrected chi connectivity index (χ4v) is 4.14. The summed E-state index contributed by atoms with van der Waals surface area (Å²) in [5.41, 5.74) is 4.21. The van der Waals surface area contributed by atoms with E-state index in [2.05, 4.69) is 68.6 Å². The molecule has 0 N–H and O–H groups in total. The molecule has 0 unspecified atom stereocenters. The molecule has 0 spiro atoms. The van der Waals surface area contributed by atoms with Crippen LogP contribution in [0.25, 0.3) is 10.1 Å². The first-order valence-corrected chi connectivity index (χ1v) is 9.08. The number of fused-ring (bicyclic) bond motifs is 1. The Morgan fingerprint density at radius 2 is 1.61 bits per heavy atom. The molecule has 0 amide bonds. The van der Waals surface area contributed by atoms with Crippen molar-refractivity contribution in [3.05, 3.63) is 64.5 Å². The van der Waals surface area contributed by atoms with E-state index in [1.807, 2.05) is 11.3 Å². The van der Waals surface area contributed by atoms with E-state index in [0.29, 0.717) is 11.8 Å². The van der Waals surface area contributed by atoms with Gasteiger partial charge in [-0.1, -0.05) is 32.0 Å². The lowest BCUT2D eigenvalue weighted by Crippen LogP contribution is -2.01. The molecule has 0 bridgehead atoms. The van der Waals surface area contributed by atoms with E-state index in [1.165, 1.54) is 26.8 Å². The van der Waals surface area contributed by atoms with Crippen LogP contribution >= 0.6 is 11.3 Å². The molecule has 1 nitrogen and oxygen atoms in total. The van der Waals surface area contributed by atoms with Crippen molar-refractivity contribution in [2.75, 3.05) is 7.11 Å². The number of methoxy groups -OCH3 is 1. The van der Waals surface area contributed by atoms with Crippen molar-refractivity contribution in [2.24, 2.45) is 0 Å². The normalized spacial score (nSPS) is 13.9. The predicted octanol–water partition coefficient (Wildman–Crippen LogP) is 6.52. The standard InChI is InChI=1S/C21H24OS/c1-14(17-5-8-19(22-4)9-6-17)11-15(2)18-7-10-21-20(12-18)16(3)13-23-21/h5-10,12-15H,11H2,1-4H3/t14-,15-/m1/s1. The highest BCUT2D eigenvalue weighted by atomic mass is 32.1.